The Morgan fingerprint density at radius 1 is 1.03 bits per heavy atom. The van der Waals surface area contributed by atoms with Crippen LogP contribution >= 0.6 is 0 Å². The normalized spacial score (nSPS) is 10.7. The fourth-order valence-corrected chi connectivity index (χ4v) is 3.38. The fraction of sp³-hybridized carbons (Fsp3) is 0.160. The van der Waals surface area contributed by atoms with Crippen molar-refractivity contribution < 1.29 is 14.3 Å². The van der Waals surface area contributed by atoms with Gasteiger partial charge in [0.15, 0.2) is 0 Å². The van der Waals surface area contributed by atoms with E-state index in [1.165, 1.54) is 0 Å². The Morgan fingerprint density at radius 2 is 1.90 bits per heavy atom. The number of carbonyl (C=O) groups excluding carboxylic acids is 1. The van der Waals surface area contributed by atoms with E-state index in [1.807, 2.05) is 56.3 Å². The van der Waals surface area contributed by atoms with Crippen LogP contribution < -0.4 is 14.8 Å². The minimum atomic E-state index is -0.150. The molecule has 0 radical (unpaired) electrons. The number of nitrogens with zero attached hydrogens (tertiary/aromatic N) is 2. The first kappa shape index (κ1) is 20.3. The highest BCUT2D eigenvalue weighted by Gasteiger charge is 2.14. The van der Waals surface area contributed by atoms with Crippen molar-refractivity contribution in [2.45, 2.75) is 20.4 Å². The predicted octanol–water partition coefficient (Wildman–Crippen LogP) is 4.98. The smallest absolute Gasteiger partial charge is 0.251 e. The highest BCUT2D eigenvalue weighted by Crippen LogP contribution is 2.33. The zero-order valence-corrected chi connectivity index (χ0v) is 17.7. The molecule has 0 unspecified atom stereocenters. The summed E-state index contributed by atoms with van der Waals surface area (Å²) in [7, 11) is 1.62. The number of nitrogens with one attached hydrogen (secondary N) is 1. The van der Waals surface area contributed by atoms with Gasteiger partial charge in [-0.05, 0) is 61.4 Å². The molecule has 0 aliphatic rings. The van der Waals surface area contributed by atoms with E-state index < -0.39 is 0 Å². The maximum atomic E-state index is 12.8. The summed E-state index contributed by atoms with van der Waals surface area (Å²) in [4.78, 5) is 21.3. The Hall–Kier alpha value is -3.93. The summed E-state index contributed by atoms with van der Waals surface area (Å²) in [5.74, 6) is 1.87. The molecular weight excluding hydrogens is 390 g/mol. The second-order valence-electron chi connectivity index (χ2n) is 7.21. The first-order valence-electron chi connectivity index (χ1n) is 9.94. The summed E-state index contributed by atoms with van der Waals surface area (Å²) in [6, 6.07) is 14.8. The Balaban J connectivity index is 1.57. The highest BCUT2D eigenvalue weighted by molar-refractivity contribution is 5.96. The van der Waals surface area contributed by atoms with Gasteiger partial charge in [0, 0.05) is 47.7 Å². The van der Waals surface area contributed by atoms with Crippen molar-refractivity contribution in [2.75, 3.05) is 7.11 Å². The van der Waals surface area contributed by atoms with Crippen molar-refractivity contribution in [3.63, 3.8) is 0 Å². The molecule has 1 N–H and O–H groups in total. The lowest BCUT2D eigenvalue weighted by Crippen LogP contribution is -2.24. The summed E-state index contributed by atoms with van der Waals surface area (Å²) >= 11 is 0. The summed E-state index contributed by atoms with van der Waals surface area (Å²) in [6.07, 6.45) is 5.21. The van der Waals surface area contributed by atoms with Gasteiger partial charge in [0.1, 0.15) is 17.2 Å². The first-order valence-corrected chi connectivity index (χ1v) is 9.94. The van der Waals surface area contributed by atoms with Crippen molar-refractivity contribution in [1.82, 2.24) is 15.3 Å². The van der Waals surface area contributed by atoms with E-state index in [9.17, 15) is 4.79 Å². The molecule has 0 fully saturated rings. The van der Waals surface area contributed by atoms with Gasteiger partial charge in [-0.3, -0.25) is 14.8 Å². The number of methoxy groups -OCH3 is 1. The van der Waals surface area contributed by atoms with Gasteiger partial charge in [0.2, 0.25) is 0 Å². The van der Waals surface area contributed by atoms with Crippen LogP contribution in [-0.4, -0.2) is 23.0 Å². The van der Waals surface area contributed by atoms with Crippen LogP contribution in [-0.2, 0) is 6.54 Å². The molecule has 0 atom stereocenters. The molecular formula is C25H23N3O3. The number of ether oxygens (including phenoxy) is 2. The summed E-state index contributed by atoms with van der Waals surface area (Å²) in [5.41, 5.74) is 4.19. The average molecular weight is 413 g/mol. The van der Waals surface area contributed by atoms with Gasteiger partial charge in [-0.2, -0.15) is 0 Å². The molecule has 4 rings (SSSR count). The number of carbonyl (C=O) groups is 1. The van der Waals surface area contributed by atoms with Gasteiger partial charge < -0.3 is 14.8 Å². The number of rotatable bonds is 6. The van der Waals surface area contributed by atoms with E-state index in [0.29, 0.717) is 23.6 Å². The molecule has 0 aliphatic carbocycles. The summed E-state index contributed by atoms with van der Waals surface area (Å²) in [5, 5.41) is 3.85. The molecule has 0 saturated heterocycles. The Bertz CT molecular complexity index is 1250. The predicted molar refractivity (Wildman–Crippen MR) is 120 cm³/mol. The molecule has 156 valence electrons. The number of hydrogen-bond donors (Lipinski definition) is 1. The van der Waals surface area contributed by atoms with Crippen LogP contribution in [0.4, 0.5) is 0 Å². The minimum Gasteiger partial charge on any atom is -0.497 e. The zero-order chi connectivity index (χ0) is 21.8. The lowest BCUT2D eigenvalue weighted by Gasteiger charge is -2.14. The molecule has 2 heterocycles. The molecule has 6 nitrogen and oxygen atoms in total. The van der Waals surface area contributed by atoms with Crippen molar-refractivity contribution in [3.8, 4) is 17.2 Å². The van der Waals surface area contributed by atoms with E-state index in [4.69, 9.17) is 9.47 Å². The topological polar surface area (TPSA) is 73.3 Å². The third-order valence-corrected chi connectivity index (χ3v) is 5.23. The van der Waals surface area contributed by atoms with Crippen molar-refractivity contribution >= 4 is 16.8 Å². The van der Waals surface area contributed by atoms with E-state index >= 15 is 0 Å². The third kappa shape index (κ3) is 4.33. The number of hydrogen-bond acceptors (Lipinski definition) is 5. The molecule has 0 saturated carbocycles. The van der Waals surface area contributed by atoms with Gasteiger partial charge in [-0.1, -0.05) is 6.07 Å². The molecule has 0 bridgehead atoms. The minimum absolute atomic E-state index is 0.150. The van der Waals surface area contributed by atoms with Crippen LogP contribution in [0.5, 0.6) is 17.2 Å². The van der Waals surface area contributed by atoms with E-state index in [0.717, 1.165) is 33.3 Å². The lowest BCUT2D eigenvalue weighted by atomic mass is 10.1. The number of benzene rings is 2. The van der Waals surface area contributed by atoms with Crippen molar-refractivity contribution in [3.05, 3.63) is 89.4 Å². The fourth-order valence-electron chi connectivity index (χ4n) is 3.38. The van der Waals surface area contributed by atoms with Crippen molar-refractivity contribution in [1.29, 1.82) is 0 Å². The number of aryl methyl sites for hydroxylation is 1. The second kappa shape index (κ2) is 8.83. The SMILES string of the molecule is COc1ccc2c(Oc3cccc(C(=O)NCc4ccncc4C)c3C)ccnc2c1. The molecule has 1 amide bonds. The van der Waals surface area contributed by atoms with Crippen LogP contribution in [0, 0.1) is 13.8 Å². The Kier molecular flexibility index (Phi) is 5.80. The van der Waals surface area contributed by atoms with Crippen LogP contribution in [0.25, 0.3) is 10.9 Å². The largest absolute Gasteiger partial charge is 0.497 e. The highest BCUT2D eigenvalue weighted by atomic mass is 16.5. The van der Waals surface area contributed by atoms with Gasteiger partial charge in [0.05, 0.1) is 12.6 Å². The van der Waals surface area contributed by atoms with Crippen LogP contribution in [0.1, 0.15) is 27.0 Å². The quantitative estimate of drug-likeness (QED) is 0.483. The van der Waals surface area contributed by atoms with E-state index in [1.54, 1.807) is 31.8 Å². The van der Waals surface area contributed by atoms with Crippen molar-refractivity contribution in [2.24, 2.45) is 0 Å². The molecule has 4 aromatic rings. The average Bonchev–Trinajstić information content (AvgIpc) is 2.79. The molecule has 2 aromatic carbocycles. The maximum absolute atomic E-state index is 12.8. The molecule has 0 aliphatic heterocycles. The van der Waals surface area contributed by atoms with E-state index in [-0.39, 0.29) is 5.91 Å². The van der Waals surface area contributed by atoms with Gasteiger partial charge in [-0.25, -0.2) is 0 Å². The van der Waals surface area contributed by atoms with Gasteiger partial charge in [-0.15, -0.1) is 0 Å². The first-order chi connectivity index (χ1) is 15.1. The number of fused-ring (bicyclic) bond motifs is 1. The van der Waals surface area contributed by atoms with Gasteiger partial charge >= 0.3 is 0 Å². The summed E-state index contributed by atoms with van der Waals surface area (Å²) < 4.78 is 11.5. The van der Waals surface area contributed by atoms with Crippen LogP contribution in [0.2, 0.25) is 0 Å². The van der Waals surface area contributed by atoms with Gasteiger partial charge in [0.25, 0.3) is 5.91 Å². The lowest BCUT2D eigenvalue weighted by molar-refractivity contribution is 0.0950. The molecule has 31 heavy (non-hydrogen) atoms. The third-order valence-electron chi connectivity index (χ3n) is 5.23. The maximum Gasteiger partial charge on any atom is 0.251 e. The second-order valence-corrected chi connectivity index (χ2v) is 7.21. The van der Waals surface area contributed by atoms with Crippen LogP contribution in [0.3, 0.4) is 0 Å². The number of pyridine rings is 2. The van der Waals surface area contributed by atoms with E-state index in [2.05, 4.69) is 15.3 Å². The molecule has 2 aromatic heterocycles. The molecule has 6 heteroatoms. The van der Waals surface area contributed by atoms with Crippen LogP contribution in [0.15, 0.2) is 67.1 Å². The number of amides is 1. The Morgan fingerprint density at radius 3 is 2.71 bits per heavy atom. The molecule has 0 spiro atoms. The zero-order valence-electron chi connectivity index (χ0n) is 17.7. The standard InChI is InChI=1S/C25H23N3O3/c1-16-14-26-11-9-18(16)15-28-25(29)20-5-4-6-23(17(20)2)31-24-10-12-27-22-13-19(30-3)7-8-21(22)24/h4-14H,15H2,1-3H3,(H,28,29). The Labute approximate surface area is 180 Å². The summed E-state index contributed by atoms with van der Waals surface area (Å²) in [6.45, 7) is 4.30. The monoisotopic (exact) mass is 413 g/mol. The number of aromatic nitrogens is 2.